The van der Waals surface area contributed by atoms with Crippen molar-refractivity contribution in [2.24, 2.45) is 4.99 Å². The van der Waals surface area contributed by atoms with E-state index in [0.29, 0.717) is 25.6 Å². The summed E-state index contributed by atoms with van der Waals surface area (Å²) in [4.78, 5) is 4.10. The van der Waals surface area contributed by atoms with Crippen molar-refractivity contribution in [3.8, 4) is 0 Å². The van der Waals surface area contributed by atoms with E-state index in [4.69, 9.17) is 0 Å². The number of alkyl halides is 3. The van der Waals surface area contributed by atoms with Gasteiger partial charge in [-0.1, -0.05) is 19.1 Å². The first-order chi connectivity index (χ1) is 11.9. The van der Waals surface area contributed by atoms with Gasteiger partial charge in [0, 0.05) is 33.1 Å². The van der Waals surface area contributed by atoms with Crippen LogP contribution >= 0.6 is 0 Å². The molecule has 136 valence electrons. The minimum absolute atomic E-state index is 0.380. The average molecular weight is 354 g/mol. The Morgan fingerprint density at radius 1 is 1.20 bits per heavy atom. The first-order valence-corrected chi connectivity index (χ1v) is 7.91. The number of benzene rings is 1. The second-order valence-corrected chi connectivity index (χ2v) is 5.34. The van der Waals surface area contributed by atoms with Crippen molar-refractivity contribution in [1.82, 2.24) is 25.4 Å². The lowest BCUT2D eigenvalue weighted by atomic mass is 10.1. The van der Waals surface area contributed by atoms with E-state index in [1.807, 2.05) is 11.5 Å². The maximum absolute atomic E-state index is 12.5. The lowest BCUT2D eigenvalue weighted by molar-refractivity contribution is -0.137. The van der Waals surface area contributed by atoms with Gasteiger partial charge in [0.05, 0.1) is 5.56 Å². The summed E-state index contributed by atoms with van der Waals surface area (Å²) in [5.74, 6) is 1.49. The number of nitrogens with zero attached hydrogens (tertiary/aromatic N) is 4. The van der Waals surface area contributed by atoms with Gasteiger partial charge in [-0.3, -0.25) is 4.99 Å². The highest BCUT2D eigenvalue weighted by molar-refractivity contribution is 5.79. The molecule has 2 aromatic rings. The zero-order valence-corrected chi connectivity index (χ0v) is 14.1. The van der Waals surface area contributed by atoms with Crippen LogP contribution in [-0.2, 0) is 25.7 Å². The highest BCUT2D eigenvalue weighted by Crippen LogP contribution is 2.28. The van der Waals surface area contributed by atoms with Crippen molar-refractivity contribution in [3.05, 3.63) is 47.5 Å². The SMILES string of the molecule is CCc1nncn1CCNC(=NC)NCc1ccc(C(F)(F)F)cc1. The fraction of sp³-hybridized carbons (Fsp3) is 0.438. The number of guanidine groups is 1. The molecule has 0 aliphatic heterocycles. The summed E-state index contributed by atoms with van der Waals surface area (Å²) in [6, 6.07) is 5.05. The smallest absolute Gasteiger partial charge is 0.355 e. The lowest BCUT2D eigenvalue weighted by Gasteiger charge is -2.13. The van der Waals surface area contributed by atoms with E-state index in [1.165, 1.54) is 12.1 Å². The number of aliphatic imine (C=N–C) groups is 1. The maximum Gasteiger partial charge on any atom is 0.416 e. The average Bonchev–Trinajstić information content (AvgIpc) is 3.05. The molecule has 0 amide bonds. The molecular formula is C16H21F3N6. The first-order valence-electron chi connectivity index (χ1n) is 7.91. The molecule has 0 spiro atoms. The van der Waals surface area contributed by atoms with Gasteiger partial charge in [0.1, 0.15) is 12.2 Å². The van der Waals surface area contributed by atoms with Crippen LogP contribution in [0.2, 0.25) is 0 Å². The number of aromatic nitrogens is 3. The highest BCUT2D eigenvalue weighted by Gasteiger charge is 2.29. The van der Waals surface area contributed by atoms with Crippen LogP contribution in [0.4, 0.5) is 13.2 Å². The first kappa shape index (κ1) is 18.8. The minimum Gasteiger partial charge on any atom is -0.355 e. The van der Waals surface area contributed by atoms with Gasteiger partial charge >= 0.3 is 6.18 Å². The molecule has 9 heteroatoms. The number of rotatable bonds is 6. The third kappa shape index (κ3) is 5.47. The minimum atomic E-state index is -4.32. The van der Waals surface area contributed by atoms with Crippen LogP contribution < -0.4 is 10.6 Å². The lowest BCUT2D eigenvalue weighted by Crippen LogP contribution is -2.38. The zero-order valence-electron chi connectivity index (χ0n) is 14.1. The van der Waals surface area contributed by atoms with Crippen LogP contribution in [0.25, 0.3) is 0 Å². The molecule has 2 N–H and O–H groups in total. The molecule has 2 rings (SSSR count). The fourth-order valence-electron chi connectivity index (χ4n) is 2.25. The quantitative estimate of drug-likeness (QED) is 0.617. The van der Waals surface area contributed by atoms with Crippen LogP contribution in [0.1, 0.15) is 23.9 Å². The predicted molar refractivity (Wildman–Crippen MR) is 89.0 cm³/mol. The standard InChI is InChI=1S/C16H21F3N6/c1-3-14-24-23-11-25(14)9-8-21-15(20-2)22-10-12-4-6-13(7-5-12)16(17,18)19/h4-7,11H,3,8-10H2,1-2H3,(H2,20,21,22). The van der Waals surface area contributed by atoms with Crippen LogP contribution in [0.3, 0.4) is 0 Å². The Labute approximate surface area is 144 Å². The molecule has 1 aromatic heterocycles. The van der Waals surface area contributed by atoms with Gasteiger partial charge < -0.3 is 15.2 Å². The third-order valence-corrected chi connectivity index (χ3v) is 3.62. The Bertz CT molecular complexity index is 691. The summed E-state index contributed by atoms with van der Waals surface area (Å²) in [5, 5.41) is 14.1. The van der Waals surface area contributed by atoms with Crippen LogP contribution in [0.15, 0.2) is 35.6 Å². The topological polar surface area (TPSA) is 67.1 Å². The molecule has 1 heterocycles. The van der Waals surface area contributed by atoms with Crippen LogP contribution in [-0.4, -0.2) is 34.3 Å². The Kier molecular flexibility index (Phi) is 6.37. The Morgan fingerprint density at radius 3 is 2.52 bits per heavy atom. The number of nitrogens with one attached hydrogen (secondary N) is 2. The van der Waals surface area contributed by atoms with Crippen LogP contribution in [0, 0.1) is 0 Å². The molecule has 0 aliphatic rings. The van der Waals surface area contributed by atoms with Gasteiger partial charge in [0.25, 0.3) is 0 Å². The summed E-state index contributed by atoms with van der Waals surface area (Å²) < 4.78 is 39.6. The second-order valence-electron chi connectivity index (χ2n) is 5.34. The van der Waals surface area contributed by atoms with Crippen molar-refractivity contribution in [2.75, 3.05) is 13.6 Å². The van der Waals surface area contributed by atoms with Gasteiger partial charge in [-0.2, -0.15) is 13.2 Å². The van der Waals surface area contributed by atoms with E-state index in [0.717, 1.165) is 29.9 Å². The summed E-state index contributed by atoms with van der Waals surface area (Å²) in [5.41, 5.74) is 0.0856. The largest absolute Gasteiger partial charge is 0.416 e. The molecule has 0 unspecified atom stereocenters. The molecule has 0 saturated heterocycles. The summed E-state index contributed by atoms with van der Waals surface area (Å²) in [6.45, 7) is 3.71. The van der Waals surface area contributed by atoms with E-state index in [1.54, 1.807) is 13.4 Å². The normalized spacial score (nSPS) is 12.3. The summed E-state index contributed by atoms with van der Waals surface area (Å²) >= 11 is 0. The molecule has 0 radical (unpaired) electrons. The molecule has 0 saturated carbocycles. The molecule has 0 fully saturated rings. The van der Waals surface area contributed by atoms with E-state index in [-0.39, 0.29) is 0 Å². The molecule has 1 aromatic carbocycles. The molecule has 0 aliphatic carbocycles. The summed E-state index contributed by atoms with van der Waals surface area (Å²) in [7, 11) is 1.64. The second kappa shape index (κ2) is 8.50. The number of aryl methyl sites for hydroxylation is 1. The van der Waals surface area contributed by atoms with E-state index in [9.17, 15) is 13.2 Å². The van der Waals surface area contributed by atoms with Gasteiger partial charge in [0.15, 0.2) is 5.96 Å². The molecule has 0 bridgehead atoms. The van der Waals surface area contributed by atoms with Gasteiger partial charge in [-0.15, -0.1) is 10.2 Å². The Hall–Kier alpha value is -2.58. The zero-order chi connectivity index (χ0) is 18.3. The van der Waals surface area contributed by atoms with Crippen molar-refractivity contribution >= 4 is 5.96 Å². The maximum atomic E-state index is 12.5. The van der Waals surface area contributed by atoms with Crippen molar-refractivity contribution in [1.29, 1.82) is 0 Å². The van der Waals surface area contributed by atoms with Gasteiger partial charge in [-0.25, -0.2) is 0 Å². The summed E-state index contributed by atoms with van der Waals surface area (Å²) in [6.07, 6.45) is -1.83. The van der Waals surface area contributed by atoms with Crippen molar-refractivity contribution in [3.63, 3.8) is 0 Å². The number of hydrogen-bond acceptors (Lipinski definition) is 3. The van der Waals surface area contributed by atoms with Gasteiger partial charge in [-0.05, 0) is 17.7 Å². The third-order valence-electron chi connectivity index (χ3n) is 3.62. The molecule has 25 heavy (non-hydrogen) atoms. The van der Waals surface area contributed by atoms with Crippen LogP contribution in [0.5, 0.6) is 0 Å². The fourth-order valence-corrected chi connectivity index (χ4v) is 2.25. The van der Waals surface area contributed by atoms with E-state index < -0.39 is 11.7 Å². The molecule has 6 nitrogen and oxygen atoms in total. The number of hydrogen-bond donors (Lipinski definition) is 2. The highest BCUT2D eigenvalue weighted by atomic mass is 19.4. The molecular weight excluding hydrogens is 333 g/mol. The Balaban J connectivity index is 1.80. The van der Waals surface area contributed by atoms with E-state index >= 15 is 0 Å². The monoisotopic (exact) mass is 354 g/mol. The predicted octanol–water partition coefficient (Wildman–Crippen LogP) is 2.22. The van der Waals surface area contributed by atoms with Crippen molar-refractivity contribution < 1.29 is 13.2 Å². The van der Waals surface area contributed by atoms with E-state index in [2.05, 4.69) is 25.8 Å². The van der Waals surface area contributed by atoms with Crippen molar-refractivity contribution in [2.45, 2.75) is 32.6 Å². The number of halogens is 3. The Morgan fingerprint density at radius 2 is 1.92 bits per heavy atom. The van der Waals surface area contributed by atoms with Gasteiger partial charge in [0.2, 0.25) is 0 Å². The molecule has 0 atom stereocenters.